The summed E-state index contributed by atoms with van der Waals surface area (Å²) in [5.41, 5.74) is 2.43. The van der Waals surface area contributed by atoms with Crippen LogP contribution in [0.5, 0.6) is 5.75 Å². The van der Waals surface area contributed by atoms with Gasteiger partial charge in [-0.2, -0.15) is 5.10 Å². The zero-order valence-electron chi connectivity index (χ0n) is 24.5. The number of fused-ring (bicyclic) bond motifs is 1. The first-order chi connectivity index (χ1) is 21.3. The molecule has 3 aromatic heterocycles. The van der Waals surface area contributed by atoms with E-state index < -0.39 is 11.9 Å². The molecule has 9 nitrogen and oxygen atoms in total. The lowest BCUT2D eigenvalue weighted by Crippen LogP contribution is -2.50. The maximum absolute atomic E-state index is 15.5. The van der Waals surface area contributed by atoms with Crippen LogP contribution < -0.4 is 4.74 Å². The van der Waals surface area contributed by atoms with Crippen LogP contribution in [0, 0.1) is 0 Å². The predicted octanol–water partition coefficient (Wildman–Crippen LogP) is 6.21. The van der Waals surface area contributed by atoms with Crippen LogP contribution in [0.15, 0.2) is 48.9 Å². The summed E-state index contributed by atoms with van der Waals surface area (Å²) in [6, 6.07) is 9.13. The molecule has 12 heteroatoms. The number of nitrogens with zero attached hydrogens (tertiary/aromatic N) is 6. The molecular weight excluding hydrogens is 606 g/mol. The Bertz CT molecular complexity index is 1660. The summed E-state index contributed by atoms with van der Waals surface area (Å²) in [4.78, 5) is 25.7. The van der Waals surface area contributed by atoms with Crippen LogP contribution >= 0.6 is 23.2 Å². The van der Waals surface area contributed by atoms with Crippen molar-refractivity contribution in [1.29, 1.82) is 0 Å². The van der Waals surface area contributed by atoms with Crippen molar-refractivity contribution in [2.75, 3.05) is 39.4 Å². The van der Waals surface area contributed by atoms with Gasteiger partial charge in [0, 0.05) is 80.4 Å². The predicted molar refractivity (Wildman–Crippen MR) is 169 cm³/mol. The number of likely N-dealkylation sites (tertiary alicyclic amines) is 1. The summed E-state index contributed by atoms with van der Waals surface area (Å²) in [6.07, 6.45) is 7.19. The fraction of sp³-hybridized carbons (Fsp3) is 0.375. The normalized spacial score (nSPS) is 17.7. The van der Waals surface area contributed by atoms with Crippen molar-refractivity contribution in [3.05, 3.63) is 81.5 Å². The van der Waals surface area contributed by atoms with E-state index in [1.807, 2.05) is 30.0 Å². The Labute approximate surface area is 265 Å². The first-order valence-corrected chi connectivity index (χ1v) is 15.4. The van der Waals surface area contributed by atoms with Crippen LogP contribution in [-0.2, 0) is 11.8 Å². The van der Waals surface area contributed by atoms with Crippen molar-refractivity contribution in [3.8, 4) is 5.75 Å². The van der Waals surface area contributed by atoms with E-state index in [1.54, 1.807) is 23.9 Å². The van der Waals surface area contributed by atoms with Gasteiger partial charge >= 0.3 is 0 Å². The van der Waals surface area contributed by atoms with Crippen LogP contribution in [0.2, 0.25) is 10.0 Å². The molecule has 44 heavy (non-hydrogen) atoms. The van der Waals surface area contributed by atoms with Crippen molar-refractivity contribution in [1.82, 2.24) is 29.5 Å². The lowest BCUT2D eigenvalue weighted by atomic mass is 10.0. The summed E-state index contributed by atoms with van der Waals surface area (Å²) >= 11 is 12.6. The Kier molecular flexibility index (Phi) is 9.13. The molecule has 0 N–H and O–H groups in total. The highest BCUT2D eigenvalue weighted by molar-refractivity contribution is 6.35. The summed E-state index contributed by atoms with van der Waals surface area (Å²) in [6.45, 7) is 6.63. The molecule has 0 radical (unpaired) electrons. The number of piperidine rings is 1. The van der Waals surface area contributed by atoms with E-state index in [0.717, 1.165) is 44.7 Å². The Hall–Kier alpha value is -3.57. The minimum absolute atomic E-state index is 0.131. The number of ether oxygens (including phenoxy) is 2. The number of hydrogen-bond donors (Lipinski definition) is 0. The maximum atomic E-state index is 15.5. The van der Waals surface area contributed by atoms with Crippen molar-refractivity contribution < 1.29 is 18.7 Å². The van der Waals surface area contributed by atoms with Gasteiger partial charge in [-0.15, -0.1) is 0 Å². The fourth-order valence-electron chi connectivity index (χ4n) is 5.93. The molecule has 2 fully saturated rings. The number of benzene rings is 1. The van der Waals surface area contributed by atoms with E-state index in [-0.39, 0.29) is 11.5 Å². The number of aryl methyl sites for hydroxylation is 1. The van der Waals surface area contributed by atoms with Gasteiger partial charge in [-0.25, -0.2) is 4.39 Å². The zero-order valence-corrected chi connectivity index (χ0v) is 26.1. The van der Waals surface area contributed by atoms with Crippen LogP contribution in [0.1, 0.15) is 53.2 Å². The second-order valence-corrected chi connectivity index (χ2v) is 11.9. The lowest BCUT2D eigenvalue weighted by Gasteiger charge is -2.40. The van der Waals surface area contributed by atoms with Gasteiger partial charge in [-0.1, -0.05) is 23.2 Å². The number of halogens is 3. The van der Waals surface area contributed by atoms with E-state index in [1.165, 1.54) is 24.7 Å². The highest BCUT2D eigenvalue weighted by Crippen LogP contribution is 2.34. The first kappa shape index (κ1) is 30.5. The average molecular weight is 640 g/mol. The largest absolute Gasteiger partial charge is 0.486 e. The fourth-order valence-corrected chi connectivity index (χ4v) is 6.60. The molecule has 0 bridgehead atoms. The van der Waals surface area contributed by atoms with Crippen molar-refractivity contribution in [2.24, 2.45) is 7.05 Å². The minimum atomic E-state index is -0.516. The Balaban J connectivity index is 1.15. The Morgan fingerprint density at radius 1 is 1.07 bits per heavy atom. The van der Waals surface area contributed by atoms with Crippen LogP contribution in [0.4, 0.5) is 4.39 Å². The molecule has 0 saturated carbocycles. The number of hydrogen-bond acceptors (Lipinski definition) is 7. The van der Waals surface area contributed by atoms with E-state index in [9.17, 15) is 4.79 Å². The van der Waals surface area contributed by atoms with Gasteiger partial charge in [0.2, 0.25) is 0 Å². The van der Waals surface area contributed by atoms with Crippen molar-refractivity contribution >= 4 is 51.9 Å². The number of aromatic nitrogens is 4. The second kappa shape index (κ2) is 13.2. The summed E-state index contributed by atoms with van der Waals surface area (Å²) < 4.78 is 28.8. The molecule has 0 unspecified atom stereocenters. The monoisotopic (exact) mass is 638 g/mol. The summed E-state index contributed by atoms with van der Waals surface area (Å²) in [5.74, 6) is -0.0958. The van der Waals surface area contributed by atoms with E-state index in [0.29, 0.717) is 57.3 Å². The third-order valence-corrected chi connectivity index (χ3v) is 8.90. The SMILES string of the molecule is C[C@@H](Oc1ccc2c(c1)c(/C=C(\F)c1ccc(C(=O)N3CCC(N4CCOCC4)CC3)nc1)nn2C)c1c(Cl)cncc1Cl. The van der Waals surface area contributed by atoms with Crippen LogP contribution in [0.3, 0.4) is 0 Å². The van der Waals surface area contributed by atoms with Gasteiger partial charge in [-0.3, -0.25) is 24.3 Å². The van der Waals surface area contributed by atoms with Gasteiger partial charge in [-0.05, 0) is 50.1 Å². The molecule has 0 spiro atoms. The van der Waals surface area contributed by atoms with Crippen molar-refractivity contribution in [3.63, 3.8) is 0 Å². The third-order valence-electron chi connectivity index (χ3n) is 8.30. The number of pyridine rings is 2. The molecule has 1 aromatic carbocycles. The molecule has 1 amide bonds. The molecule has 1 atom stereocenters. The topological polar surface area (TPSA) is 85.6 Å². The molecule has 5 heterocycles. The number of amides is 1. The molecule has 2 saturated heterocycles. The van der Waals surface area contributed by atoms with Gasteiger partial charge < -0.3 is 14.4 Å². The van der Waals surface area contributed by atoms with Gasteiger partial charge in [0.25, 0.3) is 5.91 Å². The number of carbonyl (C=O) groups excluding carboxylic acids is 1. The zero-order chi connectivity index (χ0) is 30.8. The molecule has 2 aliphatic heterocycles. The molecule has 2 aliphatic rings. The number of morpholine rings is 1. The standard InChI is InChI=1S/C32H33Cl2FN6O3/c1-20(31-25(33)18-36-19-26(31)34)44-23-4-6-30-24(15-23)29(38-39(30)2)16-27(35)21-3-5-28(37-17-21)32(42)41-9-7-22(8-10-41)40-11-13-43-14-12-40/h3-6,15-20,22H,7-14H2,1-2H3/b27-16-/t20-/m1/s1. The van der Waals surface area contributed by atoms with Crippen molar-refractivity contribution in [2.45, 2.75) is 31.9 Å². The van der Waals surface area contributed by atoms with Crippen LogP contribution in [-0.4, -0.2) is 80.9 Å². The third kappa shape index (κ3) is 6.44. The lowest BCUT2D eigenvalue weighted by molar-refractivity contribution is 0.00153. The van der Waals surface area contributed by atoms with Gasteiger partial charge in [0.1, 0.15) is 23.4 Å². The smallest absolute Gasteiger partial charge is 0.272 e. The maximum Gasteiger partial charge on any atom is 0.272 e. The molecule has 0 aliphatic carbocycles. The number of carbonyl (C=O) groups is 1. The molecule has 6 rings (SSSR count). The van der Waals surface area contributed by atoms with Crippen LogP contribution in [0.25, 0.3) is 22.8 Å². The highest BCUT2D eigenvalue weighted by Gasteiger charge is 2.28. The highest BCUT2D eigenvalue weighted by atomic mass is 35.5. The molecule has 230 valence electrons. The van der Waals surface area contributed by atoms with Gasteiger partial charge in [0.15, 0.2) is 0 Å². The second-order valence-electron chi connectivity index (χ2n) is 11.1. The first-order valence-electron chi connectivity index (χ1n) is 14.7. The van der Waals surface area contributed by atoms with E-state index in [4.69, 9.17) is 32.7 Å². The molecule has 4 aromatic rings. The molecular formula is C32H33Cl2FN6O3. The quantitative estimate of drug-likeness (QED) is 0.238. The number of rotatable bonds is 7. The minimum Gasteiger partial charge on any atom is -0.486 e. The average Bonchev–Trinajstić information content (AvgIpc) is 3.34. The summed E-state index contributed by atoms with van der Waals surface area (Å²) in [5, 5.41) is 6.04. The summed E-state index contributed by atoms with van der Waals surface area (Å²) in [7, 11) is 1.79. The van der Waals surface area contributed by atoms with E-state index in [2.05, 4.69) is 20.0 Å². The van der Waals surface area contributed by atoms with Gasteiger partial charge in [0.05, 0.1) is 34.5 Å². The Morgan fingerprint density at radius 3 is 2.48 bits per heavy atom. The Morgan fingerprint density at radius 2 is 1.80 bits per heavy atom. The van der Waals surface area contributed by atoms with E-state index >= 15 is 4.39 Å².